The Kier molecular flexibility index (Phi) is 3.65. The molecule has 0 fully saturated rings. The van der Waals surface area contributed by atoms with E-state index in [1.165, 1.54) is 18.5 Å². The fourth-order valence-corrected chi connectivity index (χ4v) is 1.66. The van der Waals surface area contributed by atoms with Crippen LogP contribution in [0.15, 0.2) is 22.9 Å². The first-order valence-corrected chi connectivity index (χ1v) is 5.66. The lowest BCUT2D eigenvalue weighted by Gasteiger charge is -2.05. The molecule has 20 heavy (non-hydrogen) atoms. The van der Waals surface area contributed by atoms with Crippen LogP contribution in [0, 0.1) is 6.92 Å². The van der Waals surface area contributed by atoms with Crippen LogP contribution in [0.5, 0.6) is 0 Å². The minimum atomic E-state index is -1.06. The number of aromatic nitrogens is 2. The summed E-state index contributed by atoms with van der Waals surface area (Å²) in [6, 6.07) is 1.41. The molecule has 8 nitrogen and oxygen atoms in total. The largest absolute Gasteiger partial charge is 0.478 e. The van der Waals surface area contributed by atoms with Crippen LogP contribution < -0.4 is 11.1 Å². The van der Waals surface area contributed by atoms with Crippen molar-refractivity contribution >= 4 is 17.7 Å². The number of carbonyl (C=O) groups excluding carboxylic acids is 1. The summed E-state index contributed by atoms with van der Waals surface area (Å²) in [4.78, 5) is 29.8. The zero-order valence-electron chi connectivity index (χ0n) is 10.6. The minimum absolute atomic E-state index is 0.00855. The fourth-order valence-electron chi connectivity index (χ4n) is 1.66. The average Bonchev–Trinajstić information content (AvgIpc) is 2.78. The van der Waals surface area contributed by atoms with Gasteiger partial charge in [0.1, 0.15) is 17.1 Å². The normalized spacial score (nSPS) is 10.2. The van der Waals surface area contributed by atoms with E-state index < -0.39 is 11.9 Å². The number of amides is 1. The van der Waals surface area contributed by atoms with Crippen LogP contribution in [0.4, 0.5) is 5.82 Å². The predicted octanol–water partition coefficient (Wildman–Crippen LogP) is 0.787. The molecule has 0 radical (unpaired) electrons. The molecule has 0 aliphatic rings. The van der Waals surface area contributed by atoms with Gasteiger partial charge in [-0.25, -0.2) is 14.8 Å². The quantitative estimate of drug-likeness (QED) is 0.735. The maximum atomic E-state index is 11.2. The van der Waals surface area contributed by atoms with Gasteiger partial charge in [0, 0.05) is 12.4 Å². The van der Waals surface area contributed by atoms with Crippen LogP contribution in [0.3, 0.4) is 0 Å². The van der Waals surface area contributed by atoms with Crippen LogP contribution in [0.2, 0.25) is 0 Å². The van der Waals surface area contributed by atoms with Gasteiger partial charge in [0.2, 0.25) is 0 Å². The molecule has 1 amide bonds. The molecule has 0 saturated carbocycles. The van der Waals surface area contributed by atoms with Crippen molar-refractivity contribution in [2.45, 2.75) is 13.5 Å². The first-order chi connectivity index (χ1) is 9.49. The summed E-state index contributed by atoms with van der Waals surface area (Å²) >= 11 is 0. The van der Waals surface area contributed by atoms with Gasteiger partial charge in [-0.1, -0.05) is 0 Å². The smallest absolute Gasteiger partial charge is 0.339 e. The highest BCUT2D eigenvalue weighted by Gasteiger charge is 2.15. The number of nitrogens with two attached hydrogens (primary N) is 1. The van der Waals surface area contributed by atoms with E-state index in [0.717, 1.165) is 0 Å². The second-order valence-electron chi connectivity index (χ2n) is 3.96. The van der Waals surface area contributed by atoms with E-state index in [4.69, 9.17) is 15.3 Å². The van der Waals surface area contributed by atoms with Crippen LogP contribution in [-0.4, -0.2) is 27.0 Å². The summed E-state index contributed by atoms with van der Waals surface area (Å²) in [6.07, 6.45) is 2.76. The van der Waals surface area contributed by atoms with Gasteiger partial charge in [-0.2, -0.15) is 0 Å². The highest BCUT2D eigenvalue weighted by molar-refractivity contribution is 5.95. The standard InChI is InChI=1S/C12H12N4O4/c1-6-8(12(18)19)4-7(20-6)5-16-11-9(10(13)17)14-2-3-15-11/h2-4H,5H2,1H3,(H2,13,17)(H,15,16)(H,18,19). The molecule has 4 N–H and O–H groups in total. The van der Waals surface area contributed by atoms with Crippen LogP contribution in [-0.2, 0) is 6.54 Å². The number of furan rings is 1. The van der Waals surface area contributed by atoms with Gasteiger partial charge in [0.25, 0.3) is 5.91 Å². The second-order valence-corrected chi connectivity index (χ2v) is 3.96. The molecular weight excluding hydrogens is 264 g/mol. The number of aromatic carboxylic acids is 1. The number of anilines is 1. The number of aryl methyl sites for hydroxylation is 1. The van der Waals surface area contributed by atoms with E-state index in [0.29, 0.717) is 11.5 Å². The summed E-state index contributed by atoms with van der Waals surface area (Å²) in [5, 5.41) is 11.7. The Bertz CT molecular complexity index is 665. The van der Waals surface area contributed by atoms with Gasteiger partial charge >= 0.3 is 5.97 Å². The molecule has 0 aliphatic heterocycles. The Balaban J connectivity index is 2.15. The number of hydrogen-bond donors (Lipinski definition) is 3. The third kappa shape index (κ3) is 2.74. The third-order valence-corrected chi connectivity index (χ3v) is 2.56. The molecule has 104 valence electrons. The number of primary amides is 1. The van der Waals surface area contributed by atoms with Crippen molar-refractivity contribution in [2.24, 2.45) is 5.73 Å². The molecule has 0 spiro atoms. The molecular formula is C12H12N4O4. The second kappa shape index (κ2) is 5.39. The van der Waals surface area contributed by atoms with Gasteiger partial charge in [-0.15, -0.1) is 0 Å². The van der Waals surface area contributed by atoms with Crippen molar-refractivity contribution in [1.82, 2.24) is 9.97 Å². The topological polar surface area (TPSA) is 131 Å². The Labute approximate surface area is 113 Å². The summed E-state index contributed by atoms with van der Waals surface area (Å²) in [6.45, 7) is 1.72. The minimum Gasteiger partial charge on any atom is -0.478 e. The monoisotopic (exact) mass is 276 g/mol. The van der Waals surface area contributed by atoms with Crippen molar-refractivity contribution in [3.63, 3.8) is 0 Å². The highest BCUT2D eigenvalue weighted by atomic mass is 16.4. The molecule has 0 bridgehead atoms. The molecule has 0 aromatic carbocycles. The van der Waals surface area contributed by atoms with E-state index in [1.807, 2.05) is 0 Å². The van der Waals surface area contributed by atoms with Crippen molar-refractivity contribution in [1.29, 1.82) is 0 Å². The van der Waals surface area contributed by atoms with E-state index in [2.05, 4.69) is 15.3 Å². The molecule has 0 unspecified atom stereocenters. The number of nitrogens with one attached hydrogen (secondary N) is 1. The number of rotatable bonds is 5. The Morgan fingerprint density at radius 1 is 1.40 bits per heavy atom. The average molecular weight is 276 g/mol. The zero-order chi connectivity index (χ0) is 14.7. The summed E-state index contributed by atoms with van der Waals surface area (Å²) in [5.74, 6) is -0.840. The lowest BCUT2D eigenvalue weighted by molar-refractivity contribution is 0.0694. The van der Waals surface area contributed by atoms with Gasteiger partial charge in [0.15, 0.2) is 11.5 Å². The van der Waals surface area contributed by atoms with Crippen LogP contribution in [0.1, 0.15) is 32.4 Å². The van der Waals surface area contributed by atoms with Gasteiger partial charge in [-0.3, -0.25) is 4.79 Å². The van der Waals surface area contributed by atoms with Crippen LogP contribution in [0.25, 0.3) is 0 Å². The van der Waals surface area contributed by atoms with E-state index >= 15 is 0 Å². The molecule has 8 heteroatoms. The Hall–Kier alpha value is -2.90. The van der Waals surface area contributed by atoms with Crippen molar-refractivity contribution in [2.75, 3.05) is 5.32 Å². The number of carbonyl (C=O) groups is 2. The van der Waals surface area contributed by atoms with E-state index in [-0.39, 0.29) is 23.6 Å². The van der Waals surface area contributed by atoms with E-state index in [9.17, 15) is 9.59 Å². The first-order valence-electron chi connectivity index (χ1n) is 5.66. The summed E-state index contributed by atoms with van der Waals surface area (Å²) < 4.78 is 5.29. The molecule has 2 rings (SSSR count). The molecule has 0 atom stereocenters. The lowest BCUT2D eigenvalue weighted by Crippen LogP contribution is -2.17. The van der Waals surface area contributed by atoms with Gasteiger partial charge < -0.3 is 20.6 Å². The van der Waals surface area contributed by atoms with Crippen molar-refractivity contribution < 1.29 is 19.1 Å². The number of carboxylic acid groups (broad SMARTS) is 1. The van der Waals surface area contributed by atoms with E-state index in [1.54, 1.807) is 6.92 Å². The number of nitrogens with zero attached hydrogens (tertiary/aromatic N) is 2. The lowest BCUT2D eigenvalue weighted by atomic mass is 10.2. The van der Waals surface area contributed by atoms with Crippen LogP contribution >= 0.6 is 0 Å². The van der Waals surface area contributed by atoms with Crippen molar-refractivity contribution in [3.8, 4) is 0 Å². The van der Waals surface area contributed by atoms with Crippen molar-refractivity contribution in [3.05, 3.63) is 41.2 Å². The Morgan fingerprint density at radius 2 is 2.10 bits per heavy atom. The zero-order valence-corrected chi connectivity index (χ0v) is 10.6. The molecule has 0 saturated heterocycles. The highest BCUT2D eigenvalue weighted by Crippen LogP contribution is 2.16. The molecule has 0 aliphatic carbocycles. The molecule has 2 heterocycles. The van der Waals surface area contributed by atoms with Gasteiger partial charge in [-0.05, 0) is 13.0 Å². The fraction of sp³-hybridized carbons (Fsp3) is 0.167. The maximum absolute atomic E-state index is 11.2. The summed E-state index contributed by atoms with van der Waals surface area (Å²) in [7, 11) is 0. The maximum Gasteiger partial charge on any atom is 0.339 e. The third-order valence-electron chi connectivity index (χ3n) is 2.56. The molecule has 2 aromatic rings. The number of carboxylic acids is 1. The summed E-state index contributed by atoms with van der Waals surface area (Å²) in [5.41, 5.74) is 5.27. The number of hydrogen-bond acceptors (Lipinski definition) is 6. The first kappa shape index (κ1) is 13.5. The predicted molar refractivity (Wildman–Crippen MR) is 68.3 cm³/mol. The SMILES string of the molecule is Cc1oc(CNc2nccnc2C(N)=O)cc1C(=O)O. The molecule has 2 aromatic heterocycles. The van der Waals surface area contributed by atoms with Gasteiger partial charge in [0.05, 0.1) is 6.54 Å². The Morgan fingerprint density at radius 3 is 2.70 bits per heavy atom.